The van der Waals surface area contributed by atoms with E-state index in [1.807, 2.05) is 0 Å². The lowest BCUT2D eigenvalue weighted by Crippen LogP contribution is -2.31. The predicted octanol–water partition coefficient (Wildman–Crippen LogP) is 5.54. The number of rotatable bonds is 4. The Hall–Kier alpha value is -2.71. The standard InChI is InChI=1S/C17H12ClF2N3O2S/c1-23(13-7-3-6-12(18)15(13)20)17(24)22-16-21-9-14(26-16)25-11-5-2-4-10(19)8-11/h2-9H,1H3,(H,21,22,24). The van der Waals surface area contributed by atoms with Gasteiger partial charge in [0.25, 0.3) is 0 Å². The van der Waals surface area contributed by atoms with Crippen molar-refractivity contribution in [1.82, 2.24) is 4.98 Å². The number of carbonyl (C=O) groups is 1. The van der Waals surface area contributed by atoms with Gasteiger partial charge in [-0.25, -0.2) is 18.6 Å². The fourth-order valence-corrected chi connectivity index (χ4v) is 2.89. The highest BCUT2D eigenvalue weighted by atomic mass is 35.5. The van der Waals surface area contributed by atoms with E-state index in [1.54, 1.807) is 12.1 Å². The first-order valence-corrected chi connectivity index (χ1v) is 8.51. The lowest BCUT2D eigenvalue weighted by molar-refractivity contribution is 0.258. The fourth-order valence-electron chi connectivity index (χ4n) is 2.05. The fraction of sp³-hybridized carbons (Fsp3) is 0.0588. The normalized spacial score (nSPS) is 10.5. The summed E-state index contributed by atoms with van der Waals surface area (Å²) in [5, 5.41) is 3.06. The average Bonchev–Trinajstić information content (AvgIpc) is 3.03. The molecule has 0 saturated heterocycles. The van der Waals surface area contributed by atoms with Crippen LogP contribution in [0.3, 0.4) is 0 Å². The Balaban J connectivity index is 1.68. The van der Waals surface area contributed by atoms with Crippen LogP contribution in [0, 0.1) is 11.6 Å². The zero-order valence-electron chi connectivity index (χ0n) is 13.4. The van der Waals surface area contributed by atoms with Gasteiger partial charge in [0, 0.05) is 13.1 Å². The summed E-state index contributed by atoms with van der Waals surface area (Å²) in [4.78, 5) is 17.4. The lowest BCUT2D eigenvalue weighted by atomic mass is 10.3. The highest BCUT2D eigenvalue weighted by Crippen LogP contribution is 2.31. The minimum Gasteiger partial charge on any atom is -0.445 e. The number of halogens is 3. The van der Waals surface area contributed by atoms with Crippen LogP contribution in [-0.4, -0.2) is 18.1 Å². The molecule has 0 aliphatic carbocycles. The Labute approximate surface area is 156 Å². The van der Waals surface area contributed by atoms with Crippen molar-refractivity contribution in [3.8, 4) is 10.8 Å². The van der Waals surface area contributed by atoms with Crippen LogP contribution in [0.4, 0.5) is 24.4 Å². The number of urea groups is 1. The van der Waals surface area contributed by atoms with E-state index in [1.165, 1.54) is 43.6 Å². The van der Waals surface area contributed by atoms with E-state index in [4.69, 9.17) is 16.3 Å². The SMILES string of the molecule is CN(C(=O)Nc1ncc(Oc2cccc(F)c2)s1)c1cccc(Cl)c1F. The number of hydrogen-bond acceptors (Lipinski definition) is 4. The number of nitrogens with zero attached hydrogens (tertiary/aromatic N) is 2. The van der Waals surface area contributed by atoms with Crippen molar-refractivity contribution in [2.24, 2.45) is 0 Å². The third-order valence-electron chi connectivity index (χ3n) is 3.31. The largest absolute Gasteiger partial charge is 0.445 e. The van der Waals surface area contributed by atoms with E-state index in [2.05, 4.69) is 10.3 Å². The minimum absolute atomic E-state index is 0.0304. The topological polar surface area (TPSA) is 54.5 Å². The monoisotopic (exact) mass is 395 g/mol. The van der Waals surface area contributed by atoms with Crippen LogP contribution in [0.25, 0.3) is 0 Å². The molecule has 2 aromatic carbocycles. The molecule has 0 unspecified atom stereocenters. The molecule has 3 rings (SSSR count). The number of nitrogens with one attached hydrogen (secondary N) is 1. The molecule has 1 N–H and O–H groups in total. The Morgan fingerprint density at radius 1 is 1.27 bits per heavy atom. The summed E-state index contributed by atoms with van der Waals surface area (Å²) in [6.45, 7) is 0. The molecule has 0 aliphatic heterocycles. The van der Waals surface area contributed by atoms with Gasteiger partial charge in [0.05, 0.1) is 16.9 Å². The Bertz CT molecular complexity index is 951. The highest BCUT2D eigenvalue weighted by Gasteiger charge is 2.18. The molecule has 2 amide bonds. The van der Waals surface area contributed by atoms with Gasteiger partial charge in [-0.05, 0) is 24.3 Å². The van der Waals surface area contributed by atoms with Gasteiger partial charge >= 0.3 is 6.03 Å². The second kappa shape index (κ2) is 7.67. The predicted molar refractivity (Wildman–Crippen MR) is 97.4 cm³/mol. The van der Waals surface area contributed by atoms with Crippen LogP contribution in [0.2, 0.25) is 5.02 Å². The first kappa shape index (κ1) is 18.1. The maximum Gasteiger partial charge on any atom is 0.327 e. The molecule has 0 fully saturated rings. The Kier molecular flexibility index (Phi) is 5.34. The molecule has 0 atom stereocenters. The minimum atomic E-state index is -0.693. The van der Waals surface area contributed by atoms with Crippen molar-refractivity contribution in [3.05, 3.63) is 65.3 Å². The van der Waals surface area contributed by atoms with Gasteiger partial charge in [-0.1, -0.05) is 35.1 Å². The summed E-state index contributed by atoms with van der Waals surface area (Å²) in [5.74, 6) is -0.809. The van der Waals surface area contributed by atoms with Crippen molar-refractivity contribution in [2.75, 3.05) is 17.3 Å². The highest BCUT2D eigenvalue weighted by molar-refractivity contribution is 7.17. The molecule has 0 bridgehead atoms. The second-order valence-electron chi connectivity index (χ2n) is 5.11. The zero-order chi connectivity index (χ0) is 18.7. The maximum absolute atomic E-state index is 14.0. The molecular weight excluding hydrogens is 384 g/mol. The Morgan fingerprint density at radius 3 is 2.81 bits per heavy atom. The summed E-state index contributed by atoms with van der Waals surface area (Å²) in [7, 11) is 1.40. The van der Waals surface area contributed by atoms with E-state index >= 15 is 0 Å². The van der Waals surface area contributed by atoms with E-state index in [0.29, 0.717) is 10.8 Å². The van der Waals surface area contributed by atoms with Crippen molar-refractivity contribution in [2.45, 2.75) is 0 Å². The van der Waals surface area contributed by atoms with Crippen LogP contribution in [-0.2, 0) is 0 Å². The van der Waals surface area contributed by atoms with Gasteiger partial charge in [-0.15, -0.1) is 0 Å². The number of carbonyl (C=O) groups excluding carboxylic acids is 1. The van der Waals surface area contributed by atoms with Crippen LogP contribution in [0.5, 0.6) is 10.8 Å². The lowest BCUT2D eigenvalue weighted by Gasteiger charge is -2.18. The van der Waals surface area contributed by atoms with Crippen molar-refractivity contribution in [1.29, 1.82) is 0 Å². The van der Waals surface area contributed by atoms with Crippen molar-refractivity contribution >= 4 is 39.8 Å². The van der Waals surface area contributed by atoms with Crippen LogP contribution in [0.15, 0.2) is 48.7 Å². The van der Waals surface area contributed by atoms with Gasteiger partial charge in [-0.3, -0.25) is 10.2 Å². The van der Waals surface area contributed by atoms with Crippen LogP contribution < -0.4 is 15.0 Å². The molecule has 1 heterocycles. The molecule has 0 spiro atoms. The number of benzene rings is 2. The number of thiazole rings is 1. The van der Waals surface area contributed by atoms with Crippen LogP contribution >= 0.6 is 22.9 Å². The van der Waals surface area contributed by atoms with E-state index in [0.717, 1.165) is 16.2 Å². The number of hydrogen-bond donors (Lipinski definition) is 1. The van der Waals surface area contributed by atoms with E-state index in [9.17, 15) is 13.6 Å². The quantitative estimate of drug-likeness (QED) is 0.631. The molecule has 9 heteroatoms. The number of ether oxygens (including phenoxy) is 1. The number of aromatic nitrogens is 1. The molecule has 134 valence electrons. The third kappa shape index (κ3) is 4.09. The summed E-state index contributed by atoms with van der Waals surface area (Å²) >= 11 is 6.77. The summed E-state index contributed by atoms with van der Waals surface area (Å²) in [5.41, 5.74) is 0.0304. The molecule has 3 aromatic rings. The van der Waals surface area contributed by atoms with Crippen molar-refractivity contribution in [3.63, 3.8) is 0 Å². The number of anilines is 2. The molecule has 0 aliphatic rings. The second-order valence-corrected chi connectivity index (χ2v) is 6.51. The average molecular weight is 396 g/mol. The molecular formula is C17H12ClF2N3O2S. The van der Waals surface area contributed by atoms with Gasteiger partial charge in [-0.2, -0.15) is 0 Å². The van der Waals surface area contributed by atoms with E-state index < -0.39 is 17.7 Å². The summed E-state index contributed by atoms with van der Waals surface area (Å²) in [6.07, 6.45) is 1.39. The van der Waals surface area contributed by atoms with E-state index in [-0.39, 0.29) is 15.8 Å². The zero-order valence-corrected chi connectivity index (χ0v) is 14.9. The number of amides is 2. The molecule has 1 aromatic heterocycles. The summed E-state index contributed by atoms with van der Waals surface area (Å²) in [6, 6.07) is 9.41. The Morgan fingerprint density at radius 2 is 2.04 bits per heavy atom. The van der Waals surface area contributed by atoms with Gasteiger partial charge < -0.3 is 4.74 Å². The first-order chi connectivity index (χ1) is 12.4. The van der Waals surface area contributed by atoms with Gasteiger partial charge in [0.2, 0.25) is 5.06 Å². The van der Waals surface area contributed by atoms with Crippen LogP contribution in [0.1, 0.15) is 0 Å². The first-order valence-electron chi connectivity index (χ1n) is 7.32. The van der Waals surface area contributed by atoms with Gasteiger partial charge in [0.15, 0.2) is 10.9 Å². The smallest absolute Gasteiger partial charge is 0.327 e. The molecule has 26 heavy (non-hydrogen) atoms. The summed E-state index contributed by atoms with van der Waals surface area (Å²) < 4.78 is 32.7. The maximum atomic E-state index is 14.0. The molecule has 5 nitrogen and oxygen atoms in total. The van der Waals surface area contributed by atoms with Crippen molar-refractivity contribution < 1.29 is 18.3 Å². The molecule has 0 saturated carbocycles. The third-order valence-corrected chi connectivity index (χ3v) is 4.39. The van der Waals surface area contributed by atoms with Gasteiger partial charge in [0.1, 0.15) is 11.6 Å². The molecule has 0 radical (unpaired) electrons.